The lowest BCUT2D eigenvalue weighted by molar-refractivity contribution is 0.0988. The first-order valence-corrected chi connectivity index (χ1v) is 4.25. The number of carbonyl (C=O) groups excluding carboxylic acids is 1. The van der Waals surface area contributed by atoms with Gasteiger partial charge in [-0.1, -0.05) is 30.1 Å². The number of hydrogen-bond acceptors (Lipinski definition) is 2. The molecule has 1 aromatic heterocycles. The van der Waals surface area contributed by atoms with Crippen molar-refractivity contribution >= 4 is 29.0 Å². The van der Waals surface area contributed by atoms with Gasteiger partial charge in [0.1, 0.15) is 5.15 Å². The normalized spacial score (nSPS) is 9.92. The molecule has 1 aromatic rings. The van der Waals surface area contributed by atoms with Gasteiger partial charge in [0, 0.05) is 12.6 Å². The number of Topliss-reactive ketones (excluding diaryl/α,β-unsaturated/α-hetero) is 1. The van der Waals surface area contributed by atoms with Crippen molar-refractivity contribution in [1.82, 2.24) is 4.98 Å². The molecule has 0 atom stereocenters. The van der Waals surface area contributed by atoms with Crippen molar-refractivity contribution in [2.24, 2.45) is 0 Å². The van der Waals surface area contributed by atoms with Crippen LogP contribution in [0, 0.1) is 0 Å². The molecule has 0 aliphatic rings. The number of halogens is 2. The molecule has 0 saturated carbocycles. The van der Waals surface area contributed by atoms with Crippen molar-refractivity contribution in [2.45, 2.75) is 13.3 Å². The number of hydrogen-bond donors (Lipinski definition) is 0. The Bertz CT molecular complexity index is 292. The van der Waals surface area contributed by atoms with E-state index in [1.165, 1.54) is 6.20 Å². The van der Waals surface area contributed by atoms with Crippen LogP contribution >= 0.6 is 23.2 Å². The monoisotopic (exact) mass is 203 g/mol. The fraction of sp³-hybridized carbons (Fsp3) is 0.250. The second-order valence-electron chi connectivity index (χ2n) is 2.24. The SMILES string of the molecule is CCC(=O)c1c(Cl)ccnc1Cl. The van der Waals surface area contributed by atoms with Crippen molar-refractivity contribution < 1.29 is 4.79 Å². The number of carbonyl (C=O) groups is 1. The highest BCUT2D eigenvalue weighted by molar-refractivity contribution is 6.39. The summed E-state index contributed by atoms with van der Waals surface area (Å²) < 4.78 is 0. The Morgan fingerprint density at radius 1 is 1.58 bits per heavy atom. The average Bonchev–Trinajstić information content (AvgIpc) is 2.03. The van der Waals surface area contributed by atoms with Gasteiger partial charge >= 0.3 is 0 Å². The summed E-state index contributed by atoms with van der Waals surface area (Å²) in [4.78, 5) is 15.0. The van der Waals surface area contributed by atoms with Gasteiger partial charge < -0.3 is 0 Å². The molecule has 1 rings (SSSR count). The molecule has 12 heavy (non-hydrogen) atoms. The van der Waals surface area contributed by atoms with Gasteiger partial charge in [-0.25, -0.2) is 4.98 Å². The maximum atomic E-state index is 11.2. The lowest BCUT2D eigenvalue weighted by Gasteiger charge is -2.01. The van der Waals surface area contributed by atoms with Crippen LogP contribution in [0.1, 0.15) is 23.7 Å². The zero-order valence-corrected chi connectivity index (χ0v) is 7.99. The van der Waals surface area contributed by atoms with E-state index in [-0.39, 0.29) is 10.9 Å². The first-order valence-electron chi connectivity index (χ1n) is 3.50. The van der Waals surface area contributed by atoms with E-state index in [0.29, 0.717) is 17.0 Å². The molecular formula is C8H7Cl2NO. The Morgan fingerprint density at radius 2 is 2.25 bits per heavy atom. The molecule has 0 saturated heterocycles. The second-order valence-corrected chi connectivity index (χ2v) is 3.00. The average molecular weight is 204 g/mol. The fourth-order valence-corrected chi connectivity index (χ4v) is 1.40. The zero-order chi connectivity index (χ0) is 9.14. The third-order valence-corrected chi connectivity index (χ3v) is 2.06. The van der Waals surface area contributed by atoms with Gasteiger partial charge in [-0.3, -0.25) is 4.79 Å². The Hall–Kier alpha value is -0.600. The smallest absolute Gasteiger partial charge is 0.167 e. The van der Waals surface area contributed by atoms with E-state index in [2.05, 4.69) is 4.98 Å². The lowest BCUT2D eigenvalue weighted by atomic mass is 10.1. The topological polar surface area (TPSA) is 30.0 Å². The minimum atomic E-state index is -0.0851. The van der Waals surface area contributed by atoms with Crippen molar-refractivity contribution in [2.75, 3.05) is 0 Å². The Kier molecular flexibility index (Phi) is 3.06. The molecule has 2 nitrogen and oxygen atoms in total. The van der Waals surface area contributed by atoms with Crippen LogP contribution < -0.4 is 0 Å². The Balaban J connectivity index is 3.21. The van der Waals surface area contributed by atoms with Crippen molar-refractivity contribution in [3.63, 3.8) is 0 Å². The van der Waals surface area contributed by atoms with E-state index in [4.69, 9.17) is 23.2 Å². The van der Waals surface area contributed by atoms with Crippen molar-refractivity contribution in [1.29, 1.82) is 0 Å². The van der Waals surface area contributed by atoms with E-state index >= 15 is 0 Å². The van der Waals surface area contributed by atoms with Crippen LogP contribution in [0.5, 0.6) is 0 Å². The van der Waals surface area contributed by atoms with E-state index in [9.17, 15) is 4.79 Å². The molecule has 0 aliphatic carbocycles. The highest BCUT2D eigenvalue weighted by Crippen LogP contribution is 2.22. The first-order chi connectivity index (χ1) is 5.66. The summed E-state index contributed by atoms with van der Waals surface area (Å²) in [5, 5.41) is 0.538. The molecule has 64 valence electrons. The zero-order valence-electron chi connectivity index (χ0n) is 6.47. The van der Waals surface area contributed by atoms with Crippen molar-refractivity contribution in [3.05, 3.63) is 28.0 Å². The molecular weight excluding hydrogens is 197 g/mol. The molecule has 0 N–H and O–H groups in total. The van der Waals surface area contributed by atoms with Crippen LogP contribution in [0.2, 0.25) is 10.2 Å². The molecule has 1 heterocycles. The van der Waals surface area contributed by atoms with E-state index < -0.39 is 0 Å². The maximum Gasteiger partial charge on any atom is 0.167 e. The highest BCUT2D eigenvalue weighted by Gasteiger charge is 2.12. The molecule has 0 aliphatic heterocycles. The van der Waals surface area contributed by atoms with Gasteiger partial charge in [0.2, 0.25) is 0 Å². The number of nitrogens with zero attached hydrogens (tertiary/aromatic N) is 1. The number of aromatic nitrogens is 1. The van der Waals surface area contributed by atoms with Crippen LogP contribution in [-0.4, -0.2) is 10.8 Å². The summed E-state index contributed by atoms with van der Waals surface area (Å²) in [5.41, 5.74) is 0.323. The van der Waals surface area contributed by atoms with Crippen LogP contribution in [0.25, 0.3) is 0 Å². The van der Waals surface area contributed by atoms with Crippen LogP contribution in [0.4, 0.5) is 0 Å². The Morgan fingerprint density at radius 3 is 2.75 bits per heavy atom. The summed E-state index contributed by atoms with van der Waals surface area (Å²) in [6.07, 6.45) is 1.85. The predicted octanol–water partition coefficient (Wildman–Crippen LogP) is 2.98. The first kappa shape index (κ1) is 9.49. The maximum absolute atomic E-state index is 11.2. The van der Waals surface area contributed by atoms with Gasteiger partial charge in [-0.05, 0) is 6.07 Å². The summed E-state index contributed by atoms with van der Waals surface area (Å²) in [7, 11) is 0. The molecule has 4 heteroatoms. The van der Waals surface area contributed by atoms with E-state index in [1.54, 1.807) is 13.0 Å². The second kappa shape index (κ2) is 3.87. The van der Waals surface area contributed by atoms with E-state index in [0.717, 1.165) is 0 Å². The summed E-state index contributed by atoms with van der Waals surface area (Å²) >= 11 is 11.4. The highest BCUT2D eigenvalue weighted by atomic mass is 35.5. The molecule has 0 aromatic carbocycles. The summed E-state index contributed by atoms with van der Waals surface area (Å²) in [6.45, 7) is 1.75. The van der Waals surface area contributed by atoms with Crippen LogP contribution in [-0.2, 0) is 0 Å². The molecule has 0 radical (unpaired) electrons. The fourth-order valence-electron chi connectivity index (χ4n) is 0.840. The molecule has 0 fully saturated rings. The summed E-state index contributed by atoms with van der Waals surface area (Å²) in [6, 6.07) is 1.55. The van der Waals surface area contributed by atoms with Gasteiger partial charge in [-0.15, -0.1) is 0 Å². The van der Waals surface area contributed by atoms with E-state index in [1.807, 2.05) is 0 Å². The minimum Gasteiger partial charge on any atom is -0.294 e. The number of rotatable bonds is 2. The number of ketones is 1. The predicted molar refractivity (Wildman–Crippen MR) is 48.9 cm³/mol. The van der Waals surface area contributed by atoms with Gasteiger partial charge in [0.25, 0.3) is 0 Å². The molecule has 0 bridgehead atoms. The van der Waals surface area contributed by atoms with Crippen molar-refractivity contribution in [3.8, 4) is 0 Å². The third kappa shape index (κ3) is 1.76. The van der Waals surface area contributed by atoms with Gasteiger partial charge in [0.15, 0.2) is 5.78 Å². The molecule has 0 unspecified atom stereocenters. The molecule has 0 amide bonds. The van der Waals surface area contributed by atoms with Gasteiger partial charge in [0.05, 0.1) is 10.6 Å². The summed E-state index contributed by atoms with van der Waals surface area (Å²) in [5.74, 6) is -0.0851. The Labute approximate surface area is 80.5 Å². The number of pyridine rings is 1. The minimum absolute atomic E-state index is 0.0851. The lowest BCUT2D eigenvalue weighted by Crippen LogP contribution is -1.99. The quantitative estimate of drug-likeness (QED) is 0.547. The largest absolute Gasteiger partial charge is 0.294 e. The third-order valence-electron chi connectivity index (χ3n) is 1.45. The molecule has 0 spiro atoms. The standard InChI is InChI=1S/C8H7Cl2NO/c1-2-6(12)7-5(9)3-4-11-8(7)10/h3-4H,2H2,1H3. The van der Waals surface area contributed by atoms with Crippen LogP contribution in [0.3, 0.4) is 0 Å². The van der Waals surface area contributed by atoms with Gasteiger partial charge in [-0.2, -0.15) is 0 Å². The van der Waals surface area contributed by atoms with Crippen LogP contribution in [0.15, 0.2) is 12.3 Å².